The lowest BCUT2D eigenvalue weighted by Gasteiger charge is -2.10. The first-order valence-corrected chi connectivity index (χ1v) is 4.43. The van der Waals surface area contributed by atoms with Crippen LogP contribution in [0.5, 0.6) is 0 Å². The van der Waals surface area contributed by atoms with E-state index in [1.165, 1.54) is 6.07 Å². The minimum atomic E-state index is -4.43. The van der Waals surface area contributed by atoms with E-state index < -0.39 is 11.7 Å². The highest BCUT2D eigenvalue weighted by Crippen LogP contribution is 2.34. The fourth-order valence-corrected chi connectivity index (χ4v) is 1.24. The lowest BCUT2D eigenvalue weighted by molar-refractivity contribution is -0.137. The van der Waals surface area contributed by atoms with Gasteiger partial charge in [0.15, 0.2) is 0 Å². The Morgan fingerprint density at radius 3 is 2.29 bits per heavy atom. The molecule has 0 aliphatic heterocycles. The maximum atomic E-state index is 12.3. The van der Waals surface area contributed by atoms with Gasteiger partial charge in [0.1, 0.15) is 0 Å². The molecule has 0 unspecified atom stereocenters. The van der Waals surface area contributed by atoms with Crippen LogP contribution in [-0.2, 0) is 6.18 Å². The number of hydrogen-bond donors (Lipinski definition) is 0. The summed E-state index contributed by atoms with van der Waals surface area (Å²) in [6.45, 7) is 3.68. The van der Waals surface area contributed by atoms with Gasteiger partial charge >= 0.3 is 6.18 Å². The van der Waals surface area contributed by atoms with Crippen molar-refractivity contribution in [1.29, 1.82) is 0 Å². The van der Waals surface area contributed by atoms with Crippen LogP contribution in [0.15, 0.2) is 12.3 Å². The Morgan fingerprint density at radius 2 is 1.93 bits per heavy atom. The number of aromatic nitrogens is 1. The lowest BCUT2D eigenvalue weighted by Crippen LogP contribution is -2.07. The average molecular weight is 224 g/mol. The maximum Gasteiger partial charge on any atom is 0.419 e. The molecule has 0 atom stereocenters. The predicted octanol–water partition coefficient (Wildman–Crippen LogP) is 3.88. The zero-order valence-corrected chi connectivity index (χ0v) is 8.45. The fourth-order valence-electron chi connectivity index (χ4n) is 0.970. The smallest absolute Gasteiger partial charge is 0.260 e. The molecule has 0 aromatic carbocycles. The van der Waals surface area contributed by atoms with E-state index in [1.54, 1.807) is 0 Å². The molecule has 1 nitrogen and oxygen atoms in total. The van der Waals surface area contributed by atoms with Gasteiger partial charge in [0.2, 0.25) is 0 Å². The molecule has 0 fully saturated rings. The number of alkyl halides is 3. The van der Waals surface area contributed by atoms with Gasteiger partial charge in [-0.25, -0.2) is 0 Å². The van der Waals surface area contributed by atoms with Gasteiger partial charge in [-0.2, -0.15) is 13.2 Å². The van der Waals surface area contributed by atoms with Crippen LogP contribution in [0.2, 0.25) is 5.02 Å². The third-order valence-electron chi connectivity index (χ3n) is 1.77. The maximum absolute atomic E-state index is 12.3. The summed E-state index contributed by atoms with van der Waals surface area (Å²) in [5, 5.41) is -0.295. The van der Waals surface area contributed by atoms with Gasteiger partial charge in [0.05, 0.1) is 10.6 Å². The van der Waals surface area contributed by atoms with Crippen LogP contribution in [0.4, 0.5) is 13.2 Å². The Labute approximate surface area is 84.9 Å². The summed E-state index contributed by atoms with van der Waals surface area (Å²) >= 11 is 5.50. The number of halogens is 4. The topological polar surface area (TPSA) is 12.9 Å². The lowest BCUT2D eigenvalue weighted by atomic mass is 10.1. The Bertz CT molecular complexity index is 333. The number of rotatable bonds is 1. The molecule has 0 N–H and O–H groups in total. The van der Waals surface area contributed by atoms with Crippen LogP contribution in [0.25, 0.3) is 0 Å². The molecule has 1 heterocycles. The third-order valence-corrected chi connectivity index (χ3v) is 2.08. The third kappa shape index (κ3) is 2.38. The quantitative estimate of drug-likeness (QED) is 0.704. The summed E-state index contributed by atoms with van der Waals surface area (Å²) in [5.41, 5.74) is -0.327. The Hall–Kier alpha value is -0.770. The predicted molar refractivity (Wildman–Crippen MR) is 48.3 cm³/mol. The first-order chi connectivity index (χ1) is 6.32. The molecule has 0 saturated heterocycles. The van der Waals surface area contributed by atoms with Crippen molar-refractivity contribution in [1.82, 2.24) is 4.98 Å². The summed E-state index contributed by atoms with van der Waals surface area (Å²) in [5.74, 6) is 0.0646. The van der Waals surface area contributed by atoms with E-state index in [4.69, 9.17) is 11.6 Å². The molecular weight excluding hydrogens is 215 g/mol. The van der Waals surface area contributed by atoms with Crippen LogP contribution in [0.3, 0.4) is 0 Å². The summed E-state index contributed by atoms with van der Waals surface area (Å²) in [7, 11) is 0. The normalized spacial score (nSPS) is 12.2. The molecule has 14 heavy (non-hydrogen) atoms. The Kier molecular flexibility index (Phi) is 3.04. The number of nitrogens with zero attached hydrogens (tertiary/aromatic N) is 1. The largest absolute Gasteiger partial charge is 0.419 e. The van der Waals surface area contributed by atoms with E-state index in [-0.39, 0.29) is 10.9 Å². The highest BCUT2D eigenvalue weighted by Gasteiger charge is 2.33. The first kappa shape index (κ1) is 11.3. The number of hydrogen-bond acceptors (Lipinski definition) is 1. The van der Waals surface area contributed by atoms with Gasteiger partial charge in [-0.1, -0.05) is 25.4 Å². The van der Waals surface area contributed by atoms with Gasteiger partial charge in [-0.05, 0) is 12.0 Å². The second-order valence-electron chi connectivity index (χ2n) is 3.24. The van der Waals surface area contributed by atoms with Gasteiger partial charge in [0.25, 0.3) is 0 Å². The van der Waals surface area contributed by atoms with Crippen molar-refractivity contribution in [2.75, 3.05) is 0 Å². The summed E-state index contributed by atoms with van der Waals surface area (Å²) in [6.07, 6.45) is -3.66. The van der Waals surface area contributed by atoms with Crippen LogP contribution < -0.4 is 0 Å². The molecule has 0 aliphatic rings. The van der Waals surface area contributed by atoms with Gasteiger partial charge < -0.3 is 0 Å². The molecule has 5 heteroatoms. The van der Waals surface area contributed by atoms with E-state index in [9.17, 15) is 13.2 Å². The molecular formula is C9H9ClF3N. The van der Waals surface area contributed by atoms with Crippen molar-refractivity contribution in [3.63, 3.8) is 0 Å². The standard InChI is InChI=1S/C9H9ClF3N/c1-5(2)8-3-7(10)6(4-14-8)9(11,12)13/h3-5H,1-2H3. The molecule has 0 saturated carbocycles. The van der Waals surface area contributed by atoms with Crippen molar-refractivity contribution >= 4 is 11.6 Å². The van der Waals surface area contributed by atoms with E-state index in [1.807, 2.05) is 13.8 Å². The average Bonchev–Trinajstić information content (AvgIpc) is 2.01. The molecule has 0 spiro atoms. The summed E-state index contributed by atoms with van der Waals surface area (Å²) < 4.78 is 36.8. The number of pyridine rings is 1. The van der Waals surface area contributed by atoms with E-state index >= 15 is 0 Å². The van der Waals surface area contributed by atoms with E-state index in [2.05, 4.69) is 4.98 Å². The van der Waals surface area contributed by atoms with Crippen LogP contribution in [0, 0.1) is 0 Å². The van der Waals surface area contributed by atoms with E-state index in [0.29, 0.717) is 5.69 Å². The minimum Gasteiger partial charge on any atom is -0.260 e. The molecule has 0 bridgehead atoms. The minimum absolute atomic E-state index is 0.0646. The van der Waals surface area contributed by atoms with Gasteiger partial charge in [-0.3, -0.25) is 4.98 Å². The summed E-state index contributed by atoms with van der Waals surface area (Å²) in [6, 6.07) is 1.26. The highest BCUT2D eigenvalue weighted by molar-refractivity contribution is 6.31. The Balaban J connectivity index is 3.15. The monoisotopic (exact) mass is 223 g/mol. The van der Waals surface area contributed by atoms with Crippen molar-refractivity contribution in [3.8, 4) is 0 Å². The molecule has 0 aliphatic carbocycles. The Morgan fingerprint density at radius 1 is 1.36 bits per heavy atom. The van der Waals surface area contributed by atoms with Crippen LogP contribution in [-0.4, -0.2) is 4.98 Å². The second kappa shape index (κ2) is 3.77. The van der Waals surface area contributed by atoms with Crippen LogP contribution in [0.1, 0.15) is 31.0 Å². The highest BCUT2D eigenvalue weighted by atomic mass is 35.5. The SMILES string of the molecule is CC(C)c1cc(Cl)c(C(F)(F)F)cn1. The van der Waals surface area contributed by atoms with E-state index in [0.717, 1.165) is 6.20 Å². The fraction of sp³-hybridized carbons (Fsp3) is 0.444. The van der Waals surface area contributed by atoms with Crippen molar-refractivity contribution in [2.24, 2.45) is 0 Å². The molecule has 1 rings (SSSR count). The van der Waals surface area contributed by atoms with Crippen LogP contribution >= 0.6 is 11.6 Å². The molecule has 0 amide bonds. The van der Waals surface area contributed by atoms with Gasteiger partial charge in [-0.15, -0.1) is 0 Å². The molecule has 0 radical (unpaired) electrons. The summed E-state index contributed by atoms with van der Waals surface area (Å²) in [4.78, 5) is 3.70. The first-order valence-electron chi connectivity index (χ1n) is 4.05. The molecule has 1 aromatic heterocycles. The second-order valence-corrected chi connectivity index (χ2v) is 3.65. The molecule has 1 aromatic rings. The zero-order valence-electron chi connectivity index (χ0n) is 7.69. The van der Waals surface area contributed by atoms with Crippen molar-refractivity contribution in [2.45, 2.75) is 25.9 Å². The van der Waals surface area contributed by atoms with Crippen molar-refractivity contribution in [3.05, 3.63) is 28.5 Å². The zero-order chi connectivity index (χ0) is 10.9. The van der Waals surface area contributed by atoms with Crippen molar-refractivity contribution < 1.29 is 13.2 Å². The molecule has 78 valence electrons. The van der Waals surface area contributed by atoms with Gasteiger partial charge in [0, 0.05) is 11.9 Å².